The molecule has 0 radical (unpaired) electrons. The van der Waals surface area contributed by atoms with Gasteiger partial charge < -0.3 is 9.72 Å². The van der Waals surface area contributed by atoms with E-state index in [0.29, 0.717) is 0 Å². The van der Waals surface area contributed by atoms with E-state index in [-0.39, 0.29) is 5.56 Å². The molecule has 3 nitrogen and oxygen atoms in total. The highest BCUT2D eigenvalue weighted by Crippen LogP contribution is 2.24. The highest BCUT2D eigenvalue weighted by Gasteiger charge is 2.04. The van der Waals surface area contributed by atoms with Crippen molar-refractivity contribution in [2.24, 2.45) is 0 Å². The Morgan fingerprint density at radius 3 is 2.19 bits per heavy atom. The van der Waals surface area contributed by atoms with Gasteiger partial charge in [-0.2, -0.15) is 0 Å². The van der Waals surface area contributed by atoms with Gasteiger partial charge in [-0.15, -0.1) is 0 Å². The Morgan fingerprint density at radius 2 is 1.52 bits per heavy atom. The highest BCUT2D eigenvalue weighted by atomic mass is 16.5. The van der Waals surface area contributed by atoms with Gasteiger partial charge in [-0.3, -0.25) is 4.79 Å². The largest absolute Gasteiger partial charge is 0.497 e. The van der Waals surface area contributed by atoms with Gasteiger partial charge in [0.25, 0.3) is 0 Å². The van der Waals surface area contributed by atoms with Crippen LogP contribution in [0.5, 0.6) is 5.75 Å². The van der Waals surface area contributed by atoms with Crippen LogP contribution in [-0.2, 0) is 0 Å². The molecule has 0 saturated carbocycles. The summed E-state index contributed by atoms with van der Waals surface area (Å²) in [5, 5.41) is 0. The number of pyridine rings is 1. The second kappa shape index (κ2) is 5.67. The van der Waals surface area contributed by atoms with Crippen LogP contribution < -0.4 is 10.3 Å². The SMILES string of the molecule is COc1ccc(-c2cc(-c3ccccc3)[nH]c(=O)c2)cc1. The lowest BCUT2D eigenvalue weighted by Gasteiger charge is -2.07. The lowest BCUT2D eigenvalue weighted by Crippen LogP contribution is -2.05. The van der Waals surface area contributed by atoms with Crippen LogP contribution in [0.4, 0.5) is 0 Å². The maximum atomic E-state index is 11.9. The Bertz CT molecular complexity index is 789. The summed E-state index contributed by atoms with van der Waals surface area (Å²) in [5.74, 6) is 0.798. The number of methoxy groups -OCH3 is 1. The minimum absolute atomic E-state index is 0.109. The van der Waals surface area contributed by atoms with Crippen LogP contribution in [0.3, 0.4) is 0 Å². The first-order chi connectivity index (χ1) is 10.3. The van der Waals surface area contributed by atoms with Crippen molar-refractivity contribution in [1.29, 1.82) is 0 Å². The number of aromatic nitrogens is 1. The molecule has 0 spiro atoms. The van der Waals surface area contributed by atoms with Crippen LogP contribution in [0.15, 0.2) is 71.5 Å². The number of H-pyrrole nitrogens is 1. The number of benzene rings is 2. The van der Waals surface area contributed by atoms with Crippen molar-refractivity contribution in [3.05, 3.63) is 77.1 Å². The molecule has 3 aromatic rings. The lowest BCUT2D eigenvalue weighted by atomic mass is 10.0. The standard InChI is InChI=1S/C18H15NO2/c1-21-16-9-7-13(8-10-16)15-11-17(19-18(20)12-15)14-5-3-2-4-6-14/h2-12H,1H3,(H,19,20). The molecule has 0 unspecified atom stereocenters. The molecule has 104 valence electrons. The Morgan fingerprint density at radius 1 is 0.810 bits per heavy atom. The third-order valence-electron chi connectivity index (χ3n) is 3.35. The molecule has 1 N–H and O–H groups in total. The molecule has 3 heteroatoms. The van der Waals surface area contributed by atoms with Crippen LogP contribution in [0.1, 0.15) is 0 Å². The van der Waals surface area contributed by atoms with Crippen LogP contribution >= 0.6 is 0 Å². The molecular weight excluding hydrogens is 262 g/mol. The summed E-state index contributed by atoms with van der Waals surface area (Å²) >= 11 is 0. The summed E-state index contributed by atoms with van der Waals surface area (Å²) < 4.78 is 5.15. The van der Waals surface area contributed by atoms with E-state index in [1.807, 2.05) is 60.7 Å². The van der Waals surface area contributed by atoms with Crippen molar-refractivity contribution in [3.63, 3.8) is 0 Å². The number of hydrogen-bond acceptors (Lipinski definition) is 2. The molecule has 0 aliphatic heterocycles. The molecule has 3 rings (SSSR count). The summed E-state index contributed by atoms with van der Waals surface area (Å²) in [6, 6.07) is 21.1. The van der Waals surface area contributed by atoms with E-state index in [2.05, 4.69) is 4.98 Å². The van der Waals surface area contributed by atoms with Crippen molar-refractivity contribution in [2.75, 3.05) is 7.11 Å². The smallest absolute Gasteiger partial charge is 0.249 e. The van der Waals surface area contributed by atoms with E-state index >= 15 is 0 Å². The molecule has 1 heterocycles. The van der Waals surface area contributed by atoms with Crippen LogP contribution in [-0.4, -0.2) is 12.1 Å². The fraction of sp³-hybridized carbons (Fsp3) is 0.0556. The van der Waals surface area contributed by atoms with Crippen molar-refractivity contribution in [2.45, 2.75) is 0 Å². The molecule has 0 fully saturated rings. The second-order valence-corrected chi connectivity index (χ2v) is 4.74. The first kappa shape index (κ1) is 13.2. The number of nitrogens with one attached hydrogen (secondary N) is 1. The molecule has 0 amide bonds. The number of rotatable bonds is 3. The average Bonchev–Trinajstić information content (AvgIpc) is 2.55. The lowest BCUT2D eigenvalue weighted by molar-refractivity contribution is 0.415. The first-order valence-electron chi connectivity index (χ1n) is 6.70. The third-order valence-corrected chi connectivity index (χ3v) is 3.35. The van der Waals surface area contributed by atoms with E-state index in [9.17, 15) is 4.79 Å². The average molecular weight is 277 g/mol. The van der Waals surface area contributed by atoms with Gasteiger partial charge in [0.15, 0.2) is 0 Å². The van der Waals surface area contributed by atoms with Gasteiger partial charge in [0.1, 0.15) is 5.75 Å². The van der Waals surface area contributed by atoms with Gasteiger partial charge in [-0.25, -0.2) is 0 Å². The predicted octanol–water partition coefficient (Wildman–Crippen LogP) is 3.72. The van der Waals surface area contributed by atoms with Gasteiger partial charge in [-0.1, -0.05) is 42.5 Å². The maximum Gasteiger partial charge on any atom is 0.249 e. The van der Waals surface area contributed by atoms with E-state index in [1.165, 1.54) is 0 Å². The summed E-state index contributed by atoms with van der Waals surface area (Å²) in [4.78, 5) is 14.8. The van der Waals surface area contributed by atoms with Gasteiger partial charge in [-0.05, 0) is 34.9 Å². The Balaban J connectivity index is 2.07. The second-order valence-electron chi connectivity index (χ2n) is 4.74. The van der Waals surface area contributed by atoms with E-state index in [1.54, 1.807) is 13.2 Å². The summed E-state index contributed by atoms with van der Waals surface area (Å²) in [6.45, 7) is 0. The van der Waals surface area contributed by atoms with Crippen molar-refractivity contribution >= 4 is 0 Å². The Hall–Kier alpha value is -2.81. The molecule has 21 heavy (non-hydrogen) atoms. The van der Waals surface area contributed by atoms with E-state index in [0.717, 1.165) is 28.1 Å². The Kier molecular flexibility index (Phi) is 3.56. The third kappa shape index (κ3) is 2.87. The van der Waals surface area contributed by atoms with Gasteiger partial charge in [0.05, 0.1) is 7.11 Å². The van der Waals surface area contributed by atoms with Crippen molar-refractivity contribution in [3.8, 4) is 28.1 Å². The molecule has 0 aliphatic carbocycles. The van der Waals surface area contributed by atoms with E-state index < -0.39 is 0 Å². The molecule has 0 atom stereocenters. The summed E-state index contributed by atoms with van der Waals surface area (Å²) in [6.07, 6.45) is 0. The number of hydrogen-bond donors (Lipinski definition) is 1. The van der Waals surface area contributed by atoms with Crippen molar-refractivity contribution < 1.29 is 4.74 Å². The molecule has 2 aromatic carbocycles. The molecule has 0 bridgehead atoms. The zero-order chi connectivity index (χ0) is 14.7. The first-order valence-corrected chi connectivity index (χ1v) is 6.70. The molecular formula is C18H15NO2. The zero-order valence-electron chi connectivity index (χ0n) is 11.7. The summed E-state index contributed by atoms with van der Waals surface area (Å²) in [5.41, 5.74) is 3.57. The molecule has 0 saturated heterocycles. The Labute approximate surface area is 122 Å². The number of aromatic amines is 1. The highest BCUT2D eigenvalue weighted by molar-refractivity contribution is 5.70. The van der Waals surface area contributed by atoms with Crippen LogP contribution in [0, 0.1) is 0 Å². The van der Waals surface area contributed by atoms with E-state index in [4.69, 9.17) is 4.74 Å². The topological polar surface area (TPSA) is 42.1 Å². The van der Waals surface area contributed by atoms with Gasteiger partial charge in [0, 0.05) is 11.8 Å². The maximum absolute atomic E-state index is 11.9. The summed E-state index contributed by atoms with van der Waals surface area (Å²) in [7, 11) is 1.63. The molecule has 1 aromatic heterocycles. The monoisotopic (exact) mass is 277 g/mol. The zero-order valence-corrected chi connectivity index (χ0v) is 11.7. The minimum atomic E-state index is -0.109. The number of ether oxygens (including phenoxy) is 1. The normalized spacial score (nSPS) is 10.3. The predicted molar refractivity (Wildman–Crippen MR) is 84.5 cm³/mol. The molecule has 0 aliphatic rings. The fourth-order valence-electron chi connectivity index (χ4n) is 2.27. The van der Waals surface area contributed by atoms with Gasteiger partial charge in [0.2, 0.25) is 5.56 Å². The minimum Gasteiger partial charge on any atom is -0.497 e. The quantitative estimate of drug-likeness (QED) is 0.792. The van der Waals surface area contributed by atoms with Crippen molar-refractivity contribution in [1.82, 2.24) is 4.98 Å². The van der Waals surface area contributed by atoms with Crippen LogP contribution in [0.2, 0.25) is 0 Å². The van der Waals surface area contributed by atoms with Crippen LogP contribution in [0.25, 0.3) is 22.4 Å². The fourth-order valence-corrected chi connectivity index (χ4v) is 2.27. The van der Waals surface area contributed by atoms with Gasteiger partial charge >= 0.3 is 0 Å².